The summed E-state index contributed by atoms with van der Waals surface area (Å²) in [5, 5.41) is 1.12. The first-order valence-corrected chi connectivity index (χ1v) is 7.85. The Morgan fingerprint density at radius 2 is 2.04 bits per heavy atom. The van der Waals surface area contributed by atoms with Crippen LogP contribution in [0.3, 0.4) is 0 Å². The third kappa shape index (κ3) is 3.63. The lowest BCUT2D eigenvalue weighted by Crippen LogP contribution is -2.15. The molecule has 24 heavy (non-hydrogen) atoms. The van der Waals surface area contributed by atoms with Crippen molar-refractivity contribution in [3.05, 3.63) is 69.2 Å². The van der Waals surface area contributed by atoms with Gasteiger partial charge in [0, 0.05) is 11.4 Å². The normalized spacial score (nSPS) is 10.8. The predicted molar refractivity (Wildman–Crippen MR) is 92.5 cm³/mol. The summed E-state index contributed by atoms with van der Waals surface area (Å²) in [5.74, 6) is 0.545. The van der Waals surface area contributed by atoms with Gasteiger partial charge in [-0.1, -0.05) is 23.7 Å². The number of H-pyrrole nitrogens is 1. The average molecular weight is 343 g/mol. The number of benzene rings is 2. The zero-order valence-corrected chi connectivity index (χ0v) is 13.8. The van der Waals surface area contributed by atoms with Crippen LogP contribution in [0.25, 0.3) is 10.9 Å². The third-order valence-electron chi connectivity index (χ3n) is 3.59. The number of esters is 1. The Morgan fingerprint density at radius 1 is 1.25 bits per heavy atom. The zero-order valence-electron chi connectivity index (χ0n) is 13.0. The van der Waals surface area contributed by atoms with Gasteiger partial charge >= 0.3 is 5.97 Å². The van der Waals surface area contributed by atoms with E-state index >= 15 is 0 Å². The molecule has 2 aromatic carbocycles. The minimum atomic E-state index is -0.392. The van der Waals surface area contributed by atoms with Crippen LogP contribution in [0.4, 0.5) is 0 Å². The number of carbonyl (C=O) groups excluding carboxylic acids is 1. The zero-order chi connectivity index (χ0) is 17.1. The first kappa shape index (κ1) is 16.2. The first-order chi connectivity index (χ1) is 11.5. The van der Waals surface area contributed by atoms with Crippen molar-refractivity contribution in [1.29, 1.82) is 0 Å². The van der Waals surface area contributed by atoms with Gasteiger partial charge in [0.15, 0.2) is 0 Å². The molecule has 0 bridgehead atoms. The molecule has 0 aliphatic rings. The number of fused-ring (bicyclic) bond motifs is 1. The van der Waals surface area contributed by atoms with Gasteiger partial charge in [-0.15, -0.1) is 0 Å². The lowest BCUT2D eigenvalue weighted by atomic mass is 10.2. The minimum Gasteiger partial charge on any atom is -0.426 e. The van der Waals surface area contributed by atoms with E-state index in [9.17, 15) is 9.59 Å². The fourth-order valence-corrected chi connectivity index (χ4v) is 2.60. The summed E-state index contributed by atoms with van der Waals surface area (Å²) in [5.41, 5.74) is 1.18. The Hall–Kier alpha value is -2.66. The van der Waals surface area contributed by atoms with Gasteiger partial charge in [0.05, 0.1) is 17.3 Å². The molecule has 3 rings (SSSR count). The molecule has 0 unspecified atom stereocenters. The number of aryl methyl sites for hydroxylation is 2. The van der Waals surface area contributed by atoms with E-state index in [0.29, 0.717) is 33.9 Å². The average Bonchev–Trinajstić information content (AvgIpc) is 2.56. The molecular formula is C18H15ClN2O3. The van der Waals surface area contributed by atoms with Crippen molar-refractivity contribution in [2.75, 3.05) is 0 Å². The maximum Gasteiger partial charge on any atom is 0.311 e. The standard InChI is InChI=1S/C18H15ClN2O3/c1-11-10-12(19)6-7-15(11)24-17(22)9-8-16-20-14-5-3-2-4-13(14)18(23)21-16/h2-7,10H,8-9H2,1H3,(H,20,21,23). The molecule has 0 atom stereocenters. The predicted octanol–water partition coefficient (Wildman–Crippen LogP) is 3.42. The molecular weight excluding hydrogens is 328 g/mol. The molecule has 0 aliphatic heterocycles. The fraction of sp³-hybridized carbons (Fsp3) is 0.167. The van der Waals surface area contributed by atoms with Gasteiger partial charge in [0.1, 0.15) is 11.6 Å². The summed E-state index contributed by atoms with van der Waals surface area (Å²) in [6.07, 6.45) is 0.412. The van der Waals surface area contributed by atoms with Crippen LogP contribution in [-0.2, 0) is 11.2 Å². The van der Waals surface area contributed by atoms with E-state index in [1.807, 2.05) is 13.0 Å². The molecule has 0 fully saturated rings. The molecule has 6 heteroatoms. The number of hydrogen-bond donors (Lipinski definition) is 1. The van der Waals surface area contributed by atoms with Crippen LogP contribution in [0.2, 0.25) is 5.02 Å². The number of halogens is 1. The third-order valence-corrected chi connectivity index (χ3v) is 3.82. The number of ether oxygens (including phenoxy) is 1. The van der Waals surface area contributed by atoms with Gasteiger partial charge in [-0.3, -0.25) is 9.59 Å². The number of rotatable bonds is 4. The summed E-state index contributed by atoms with van der Waals surface area (Å²) in [4.78, 5) is 31.0. The van der Waals surface area contributed by atoms with Gasteiger partial charge in [0.2, 0.25) is 0 Å². The maximum absolute atomic E-state index is 12.0. The first-order valence-electron chi connectivity index (χ1n) is 7.48. The molecule has 1 heterocycles. The molecule has 122 valence electrons. The summed E-state index contributed by atoms with van der Waals surface area (Å²) in [7, 11) is 0. The number of para-hydroxylation sites is 1. The molecule has 5 nitrogen and oxygen atoms in total. The summed E-state index contributed by atoms with van der Waals surface area (Å²) in [6.45, 7) is 1.82. The van der Waals surface area contributed by atoms with Crippen LogP contribution < -0.4 is 10.3 Å². The summed E-state index contributed by atoms with van der Waals surface area (Å²) >= 11 is 5.87. The van der Waals surface area contributed by atoms with E-state index in [1.165, 1.54) is 0 Å². The van der Waals surface area contributed by atoms with Crippen molar-refractivity contribution < 1.29 is 9.53 Å². The highest BCUT2D eigenvalue weighted by molar-refractivity contribution is 6.30. The second-order valence-electron chi connectivity index (χ2n) is 5.41. The topological polar surface area (TPSA) is 72.0 Å². The summed E-state index contributed by atoms with van der Waals surface area (Å²) in [6, 6.07) is 12.1. The van der Waals surface area contributed by atoms with Crippen LogP contribution >= 0.6 is 11.6 Å². The molecule has 0 saturated heterocycles. The van der Waals surface area contributed by atoms with E-state index in [0.717, 1.165) is 5.56 Å². The van der Waals surface area contributed by atoms with Gasteiger partial charge in [-0.2, -0.15) is 0 Å². The van der Waals surface area contributed by atoms with Crippen LogP contribution in [0.5, 0.6) is 5.75 Å². The van der Waals surface area contributed by atoms with Crippen LogP contribution in [0.1, 0.15) is 17.8 Å². The quantitative estimate of drug-likeness (QED) is 0.582. The maximum atomic E-state index is 12.0. The molecule has 1 aromatic heterocycles. The van der Waals surface area contributed by atoms with Gasteiger partial charge in [-0.25, -0.2) is 4.98 Å². The highest BCUT2D eigenvalue weighted by Gasteiger charge is 2.10. The van der Waals surface area contributed by atoms with Crippen molar-refractivity contribution in [3.63, 3.8) is 0 Å². The van der Waals surface area contributed by atoms with Gasteiger partial charge in [0.25, 0.3) is 5.56 Å². The van der Waals surface area contributed by atoms with Crippen molar-refractivity contribution >= 4 is 28.5 Å². The van der Waals surface area contributed by atoms with Gasteiger partial charge < -0.3 is 9.72 Å². The molecule has 0 spiro atoms. The monoisotopic (exact) mass is 342 g/mol. The Balaban J connectivity index is 1.69. The molecule has 0 amide bonds. The Morgan fingerprint density at radius 3 is 2.83 bits per heavy atom. The highest BCUT2D eigenvalue weighted by atomic mass is 35.5. The number of aromatic nitrogens is 2. The van der Waals surface area contributed by atoms with Crippen molar-refractivity contribution in [1.82, 2.24) is 9.97 Å². The molecule has 0 radical (unpaired) electrons. The van der Waals surface area contributed by atoms with Crippen LogP contribution in [0, 0.1) is 6.92 Å². The van der Waals surface area contributed by atoms with Crippen LogP contribution in [-0.4, -0.2) is 15.9 Å². The highest BCUT2D eigenvalue weighted by Crippen LogP contribution is 2.22. The SMILES string of the molecule is Cc1cc(Cl)ccc1OC(=O)CCc1nc2ccccc2c(=O)[nH]1. The molecule has 0 saturated carbocycles. The number of hydrogen-bond acceptors (Lipinski definition) is 4. The van der Waals surface area contributed by atoms with E-state index in [-0.39, 0.29) is 12.0 Å². The Bertz CT molecular complexity index is 966. The second-order valence-corrected chi connectivity index (χ2v) is 5.85. The number of carbonyl (C=O) groups is 1. The molecule has 1 N–H and O–H groups in total. The summed E-state index contributed by atoms with van der Waals surface area (Å²) < 4.78 is 5.32. The smallest absolute Gasteiger partial charge is 0.311 e. The van der Waals surface area contributed by atoms with Gasteiger partial charge in [-0.05, 0) is 42.8 Å². The number of aromatic amines is 1. The Labute approximate surface area is 143 Å². The van der Waals surface area contributed by atoms with Crippen molar-refractivity contribution in [2.45, 2.75) is 19.8 Å². The molecule has 0 aliphatic carbocycles. The fourth-order valence-electron chi connectivity index (χ4n) is 2.37. The lowest BCUT2D eigenvalue weighted by Gasteiger charge is -2.07. The van der Waals surface area contributed by atoms with E-state index in [1.54, 1.807) is 36.4 Å². The lowest BCUT2D eigenvalue weighted by molar-refractivity contribution is -0.134. The van der Waals surface area contributed by atoms with Crippen LogP contribution in [0.15, 0.2) is 47.3 Å². The number of nitrogens with zero attached hydrogens (tertiary/aromatic N) is 1. The van der Waals surface area contributed by atoms with E-state index < -0.39 is 5.97 Å². The number of nitrogens with one attached hydrogen (secondary N) is 1. The molecule has 3 aromatic rings. The minimum absolute atomic E-state index is 0.114. The second kappa shape index (κ2) is 6.84. The largest absolute Gasteiger partial charge is 0.426 e. The van der Waals surface area contributed by atoms with E-state index in [2.05, 4.69) is 9.97 Å². The van der Waals surface area contributed by atoms with Crippen molar-refractivity contribution in [3.8, 4) is 5.75 Å². The Kier molecular flexibility index (Phi) is 4.62. The van der Waals surface area contributed by atoms with Crippen molar-refractivity contribution in [2.24, 2.45) is 0 Å². The van der Waals surface area contributed by atoms with E-state index in [4.69, 9.17) is 16.3 Å².